The van der Waals surface area contributed by atoms with Crippen molar-refractivity contribution < 1.29 is 13.5 Å². The van der Waals surface area contributed by atoms with E-state index in [0.29, 0.717) is 28.4 Å². The van der Waals surface area contributed by atoms with Crippen molar-refractivity contribution in [1.82, 2.24) is 20.2 Å². The molecular weight excluding hydrogens is 388 g/mol. The molecule has 9 heteroatoms. The van der Waals surface area contributed by atoms with Crippen molar-refractivity contribution in [2.45, 2.75) is 6.61 Å². The SMILES string of the molecule is FC(F)Oc1cc(Cl)cc(Nc2nc(-c3ccnnc3)nc3ccccc23)c1. The first-order valence-electron chi connectivity index (χ1n) is 8.15. The van der Waals surface area contributed by atoms with Gasteiger partial charge in [0.1, 0.15) is 11.6 Å². The normalized spacial score (nSPS) is 11.0. The maximum Gasteiger partial charge on any atom is 0.387 e. The molecule has 0 saturated carbocycles. The van der Waals surface area contributed by atoms with E-state index in [1.54, 1.807) is 24.5 Å². The van der Waals surface area contributed by atoms with E-state index in [4.69, 9.17) is 11.6 Å². The largest absolute Gasteiger partial charge is 0.435 e. The van der Waals surface area contributed by atoms with E-state index in [1.807, 2.05) is 24.3 Å². The minimum atomic E-state index is -2.95. The van der Waals surface area contributed by atoms with Gasteiger partial charge in [0.15, 0.2) is 5.82 Å². The number of ether oxygens (including phenoxy) is 1. The fourth-order valence-electron chi connectivity index (χ4n) is 2.67. The average Bonchev–Trinajstić information content (AvgIpc) is 2.67. The monoisotopic (exact) mass is 399 g/mol. The fraction of sp³-hybridized carbons (Fsp3) is 0.0526. The molecule has 0 bridgehead atoms. The Balaban J connectivity index is 1.79. The lowest BCUT2D eigenvalue weighted by Crippen LogP contribution is -2.03. The molecular formula is C19H12ClF2N5O. The van der Waals surface area contributed by atoms with Gasteiger partial charge in [0, 0.05) is 27.7 Å². The smallest absolute Gasteiger partial charge is 0.387 e. The lowest BCUT2D eigenvalue weighted by atomic mass is 10.2. The van der Waals surface area contributed by atoms with E-state index in [1.165, 1.54) is 12.1 Å². The summed E-state index contributed by atoms with van der Waals surface area (Å²) in [5, 5.41) is 11.7. The molecule has 0 amide bonds. The standard InChI is InChI=1S/C19H12ClF2N5O/c20-12-7-13(9-14(8-12)28-19(21)22)25-18-15-3-1-2-4-16(15)26-17(27-18)11-5-6-23-24-10-11/h1-10,19H,(H,25,26,27). The van der Waals surface area contributed by atoms with Crippen LogP contribution in [-0.2, 0) is 0 Å². The number of alkyl halides is 2. The molecule has 0 saturated heterocycles. The molecule has 0 aliphatic rings. The number of halogens is 3. The lowest BCUT2D eigenvalue weighted by Gasteiger charge is -2.13. The van der Waals surface area contributed by atoms with Gasteiger partial charge in [0.05, 0.1) is 17.9 Å². The summed E-state index contributed by atoms with van der Waals surface area (Å²) in [7, 11) is 0. The number of fused-ring (bicyclic) bond motifs is 1. The minimum Gasteiger partial charge on any atom is -0.435 e. The lowest BCUT2D eigenvalue weighted by molar-refractivity contribution is -0.0497. The van der Waals surface area contributed by atoms with Crippen LogP contribution in [0.3, 0.4) is 0 Å². The molecule has 4 rings (SSSR count). The van der Waals surface area contributed by atoms with E-state index in [0.717, 1.165) is 5.39 Å². The highest BCUT2D eigenvalue weighted by Crippen LogP contribution is 2.31. The molecule has 0 fully saturated rings. The second kappa shape index (κ2) is 7.69. The zero-order chi connectivity index (χ0) is 19.5. The van der Waals surface area contributed by atoms with Crippen LogP contribution < -0.4 is 10.1 Å². The van der Waals surface area contributed by atoms with Crippen LogP contribution in [0.1, 0.15) is 0 Å². The van der Waals surface area contributed by atoms with Crippen molar-refractivity contribution in [3.63, 3.8) is 0 Å². The predicted octanol–water partition coefficient (Wildman–Crippen LogP) is 5.09. The zero-order valence-corrected chi connectivity index (χ0v) is 14.9. The minimum absolute atomic E-state index is 0.0538. The summed E-state index contributed by atoms with van der Waals surface area (Å²) in [5.74, 6) is 0.881. The summed E-state index contributed by atoms with van der Waals surface area (Å²) >= 11 is 6.03. The topological polar surface area (TPSA) is 72.8 Å². The molecule has 0 radical (unpaired) electrons. The summed E-state index contributed by atoms with van der Waals surface area (Å²) in [6.07, 6.45) is 3.10. The van der Waals surface area contributed by atoms with Crippen LogP contribution in [0.4, 0.5) is 20.3 Å². The maximum atomic E-state index is 12.5. The van der Waals surface area contributed by atoms with Gasteiger partial charge in [-0.2, -0.15) is 19.0 Å². The quantitative estimate of drug-likeness (QED) is 0.504. The third-order valence-electron chi connectivity index (χ3n) is 3.80. The predicted molar refractivity (Wildman–Crippen MR) is 102 cm³/mol. The average molecular weight is 400 g/mol. The Bertz CT molecular complexity index is 1130. The molecule has 1 N–H and O–H groups in total. The number of nitrogens with zero attached hydrogens (tertiary/aromatic N) is 4. The number of aromatic nitrogens is 4. The third kappa shape index (κ3) is 3.96. The molecule has 0 spiro atoms. The third-order valence-corrected chi connectivity index (χ3v) is 4.02. The fourth-order valence-corrected chi connectivity index (χ4v) is 2.89. The molecule has 0 unspecified atom stereocenters. The van der Waals surface area contributed by atoms with Crippen molar-refractivity contribution in [2.75, 3.05) is 5.32 Å². The molecule has 6 nitrogen and oxygen atoms in total. The van der Waals surface area contributed by atoms with Crippen molar-refractivity contribution in [3.8, 4) is 17.1 Å². The van der Waals surface area contributed by atoms with Gasteiger partial charge in [0.2, 0.25) is 0 Å². The Kier molecular flexibility index (Phi) is 4.94. The first-order chi connectivity index (χ1) is 13.6. The number of rotatable bonds is 5. The van der Waals surface area contributed by atoms with Gasteiger partial charge in [-0.25, -0.2) is 9.97 Å². The Hall–Kier alpha value is -3.39. The van der Waals surface area contributed by atoms with E-state index in [-0.39, 0.29) is 10.8 Å². The van der Waals surface area contributed by atoms with E-state index >= 15 is 0 Å². The van der Waals surface area contributed by atoms with Crippen LogP contribution >= 0.6 is 11.6 Å². The number of para-hydroxylation sites is 1. The Morgan fingerprint density at radius 3 is 2.64 bits per heavy atom. The van der Waals surface area contributed by atoms with Gasteiger partial charge in [-0.1, -0.05) is 23.7 Å². The number of benzene rings is 2. The van der Waals surface area contributed by atoms with Crippen molar-refractivity contribution in [3.05, 3.63) is 65.9 Å². The summed E-state index contributed by atoms with van der Waals surface area (Å²) < 4.78 is 29.5. The summed E-state index contributed by atoms with van der Waals surface area (Å²) in [5.41, 5.74) is 1.85. The Morgan fingerprint density at radius 1 is 1.00 bits per heavy atom. The van der Waals surface area contributed by atoms with E-state index in [2.05, 4.69) is 30.2 Å². The molecule has 2 heterocycles. The highest BCUT2D eigenvalue weighted by atomic mass is 35.5. The molecule has 140 valence electrons. The van der Waals surface area contributed by atoms with Crippen LogP contribution in [-0.4, -0.2) is 26.8 Å². The number of hydrogen-bond acceptors (Lipinski definition) is 6. The first-order valence-corrected chi connectivity index (χ1v) is 8.52. The second-order valence-electron chi connectivity index (χ2n) is 5.72. The Labute approximate surface area is 163 Å². The Morgan fingerprint density at radius 2 is 1.86 bits per heavy atom. The van der Waals surface area contributed by atoms with Crippen LogP contribution in [0.5, 0.6) is 5.75 Å². The van der Waals surface area contributed by atoms with Gasteiger partial charge in [-0.15, -0.1) is 0 Å². The second-order valence-corrected chi connectivity index (χ2v) is 6.16. The first kappa shape index (κ1) is 18.0. The molecule has 0 aliphatic carbocycles. The molecule has 2 aromatic carbocycles. The maximum absolute atomic E-state index is 12.5. The van der Waals surface area contributed by atoms with Crippen LogP contribution in [0.15, 0.2) is 60.9 Å². The highest BCUT2D eigenvalue weighted by molar-refractivity contribution is 6.31. The zero-order valence-electron chi connectivity index (χ0n) is 14.2. The molecule has 4 aromatic rings. The summed E-state index contributed by atoms with van der Waals surface area (Å²) in [6, 6.07) is 13.5. The van der Waals surface area contributed by atoms with Crippen molar-refractivity contribution >= 4 is 34.0 Å². The van der Waals surface area contributed by atoms with Crippen LogP contribution in [0, 0.1) is 0 Å². The van der Waals surface area contributed by atoms with Gasteiger partial charge >= 0.3 is 6.61 Å². The highest BCUT2D eigenvalue weighted by Gasteiger charge is 2.12. The van der Waals surface area contributed by atoms with Gasteiger partial charge in [-0.3, -0.25) is 0 Å². The molecule has 2 aromatic heterocycles. The number of nitrogens with one attached hydrogen (secondary N) is 1. The van der Waals surface area contributed by atoms with Crippen LogP contribution in [0.25, 0.3) is 22.3 Å². The van der Waals surface area contributed by atoms with Gasteiger partial charge in [-0.05, 0) is 30.3 Å². The van der Waals surface area contributed by atoms with E-state index in [9.17, 15) is 8.78 Å². The van der Waals surface area contributed by atoms with Crippen molar-refractivity contribution in [2.24, 2.45) is 0 Å². The molecule has 28 heavy (non-hydrogen) atoms. The molecule has 0 aliphatic heterocycles. The van der Waals surface area contributed by atoms with Gasteiger partial charge in [0.25, 0.3) is 0 Å². The molecule has 0 atom stereocenters. The number of hydrogen-bond donors (Lipinski definition) is 1. The summed E-state index contributed by atoms with van der Waals surface area (Å²) in [4.78, 5) is 9.12. The summed E-state index contributed by atoms with van der Waals surface area (Å²) in [6.45, 7) is -2.95. The van der Waals surface area contributed by atoms with E-state index < -0.39 is 6.61 Å². The van der Waals surface area contributed by atoms with Crippen molar-refractivity contribution in [1.29, 1.82) is 0 Å². The number of anilines is 2. The van der Waals surface area contributed by atoms with Crippen LogP contribution in [0.2, 0.25) is 5.02 Å². The van der Waals surface area contributed by atoms with Gasteiger partial charge < -0.3 is 10.1 Å².